The predicted octanol–water partition coefficient (Wildman–Crippen LogP) is 3.83. The van der Waals surface area contributed by atoms with E-state index in [2.05, 4.69) is 9.47 Å². The molecule has 1 aromatic carbocycles. The van der Waals surface area contributed by atoms with Crippen molar-refractivity contribution in [2.75, 3.05) is 14.2 Å². The fourth-order valence-electron chi connectivity index (χ4n) is 2.55. The van der Waals surface area contributed by atoms with Gasteiger partial charge < -0.3 is 14.2 Å². The van der Waals surface area contributed by atoms with E-state index in [1.54, 1.807) is 13.8 Å². The maximum absolute atomic E-state index is 13.9. The number of ether oxygens (including phenoxy) is 3. The second kappa shape index (κ2) is 9.41. The highest BCUT2D eigenvalue weighted by Crippen LogP contribution is 2.43. The van der Waals surface area contributed by atoms with Crippen molar-refractivity contribution in [1.82, 2.24) is 0 Å². The Labute approximate surface area is 160 Å². The van der Waals surface area contributed by atoms with Crippen LogP contribution in [0.15, 0.2) is 30.3 Å². The summed E-state index contributed by atoms with van der Waals surface area (Å²) in [7, 11) is 1.76. The number of hydrogen-bond donors (Lipinski definition) is 0. The largest absolute Gasteiger partial charge is 0.466 e. The standard InChI is InChI=1S/C18H22ClF3O5/c1-11(2)10-13(19)14(15(23)25-3)27-16(24)17(26-4,18(20,21)22)12-8-6-5-7-9-12/h5-9,11,13-14H,10H2,1-4H3/t13-,14-,17?/m1/s1. The lowest BCUT2D eigenvalue weighted by Gasteiger charge is -2.34. The van der Waals surface area contributed by atoms with Crippen LogP contribution in [0.1, 0.15) is 25.8 Å². The number of alkyl halides is 4. The van der Waals surface area contributed by atoms with Crippen LogP contribution >= 0.6 is 11.6 Å². The van der Waals surface area contributed by atoms with Gasteiger partial charge in [0.1, 0.15) is 0 Å². The number of carbonyl (C=O) groups excluding carboxylic acids is 2. The molecule has 0 spiro atoms. The normalized spacial score (nSPS) is 16.3. The molecule has 3 atom stereocenters. The van der Waals surface area contributed by atoms with Gasteiger partial charge in [-0.3, -0.25) is 0 Å². The molecule has 0 radical (unpaired) electrons. The second-order valence-electron chi connectivity index (χ2n) is 6.24. The van der Waals surface area contributed by atoms with Crippen molar-refractivity contribution < 1.29 is 37.0 Å². The minimum atomic E-state index is -5.15. The maximum atomic E-state index is 13.9. The Morgan fingerprint density at radius 1 is 1.11 bits per heavy atom. The Morgan fingerprint density at radius 3 is 2.07 bits per heavy atom. The van der Waals surface area contributed by atoms with Crippen LogP contribution in [0.5, 0.6) is 0 Å². The van der Waals surface area contributed by atoms with Gasteiger partial charge in [-0.25, -0.2) is 9.59 Å². The van der Waals surface area contributed by atoms with E-state index in [9.17, 15) is 22.8 Å². The van der Waals surface area contributed by atoms with Crippen molar-refractivity contribution >= 4 is 23.5 Å². The van der Waals surface area contributed by atoms with E-state index in [-0.39, 0.29) is 12.3 Å². The molecule has 0 heterocycles. The second-order valence-corrected chi connectivity index (χ2v) is 6.80. The van der Waals surface area contributed by atoms with E-state index in [1.165, 1.54) is 18.2 Å². The third kappa shape index (κ3) is 5.13. The van der Waals surface area contributed by atoms with Gasteiger partial charge in [-0.2, -0.15) is 13.2 Å². The van der Waals surface area contributed by atoms with Crippen LogP contribution in [0.2, 0.25) is 0 Å². The summed E-state index contributed by atoms with van der Waals surface area (Å²) in [5.41, 5.74) is -3.89. The van der Waals surface area contributed by atoms with Crippen molar-refractivity contribution in [2.45, 2.75) is 43.5 Å². The molecule has 1 aromatic rings. The molecule has 9 heteroatoms. The molecular formula is C18H22ClF3O5. The third-order valence-electron chi connectivity index (χ3n) is 3.87. The van der Waals surface area contributed by atoms with Crippen LogP contribution in [0.25, 0.3) is 0 Å². The van der Waals surface area contributed by atoms with Gasteiger partial charge in [0.25, 0.3) is 5.60 Å². The summed E-state index contributed by atoms with van der Waals surface area (Å²) in [6, 6.07) is 6.29. The summed E-state index contributed by atoms with van der Waals surface area (Å²) in [6.45, 7) is 3.59. The smallest absolute Gasteiger partial charge is 0.432 e. The zero-order valence-electron chi connectivity index (χ0n) is 15.4. The quantitative estimate of drug-likeness (QED) is 0.481. The molecular weight excluding hydrogens is 389 g/mol. The summed E-state index contributed by atoms with van der Waals surface area (Å²) in [4.78, 5) is 24.6. The lowest BCUT2D eigenvalue weighted by Crippen LogP contribution is -2.54. The highest BCUT2D eigenvalue weighted by molar-refractivity contribution is 6.22. The lowest BCUT2D eigenvalue weighted by atomic mass is 9.92. The average Bonchev–Trinajstić information content (AvgIpc) is 2.59. The van der Waals surface area contributed by atoms with Gasteiger partial charge in [0.05, 0.1) is 12.5 Å². The molecule has 0 fully saturated rings. The first-order chi connectivity index (χ1) is 12.5. The van der Waals surface area contributed by atoms with Gasteiger partial charge in [-0.15, -0.1) is 11.6 Å². The average molecular weight is 411 g/mol. The van der Waals surface area contributed by atoms with Crippen molar-refractivity contribution in [3.05, 3.63) is 35.9 Å². The van der Waals surface area contributed by atoms with E-state index in [0.717, 1.165) is 26.4 Å². The number of methoxy groups -OCH3 is 2. The molecule has 0 aliphatic carbocycles. The molecule has 27 heavy (non-hydrogen) atoms. The molecule has 1 unspecified atom stereocenters. The van der Waals surface area contributed by atoms with Crippen LogP contribution in [-0.4, -0.2) is 43.8 Å². The molecule has 0 aliphatic rings. The highest BCUT2D eigenvalue weighted by atomic mass is 35.5. The number of rotatable bonds is 8. The summed E-state index contributed by atoms with van der Waals surface area (Å²) in [6.07, 6.45) is -6.65. The SMILES string of the molecule is COC(=O)[C@H](OC(=O)C(OC)(c1ccccc1)C(F)(F)F)[C@H](Cl)CC(C)C. The molecule has 0 N–H and O–H groups in total. The number of hydrogen-bond acceptors (Lipinski definition) is 5. The van der Waals surface area contributed by atoms with E-state index in [4.69, 9.17) is 16.3 Å². The monoisotopic (exact) mass is 410 g/mol. The topological polar surface area (TPSA) is 61.8 Å². The van der Waals surface area contributed by atoms with Crippen LogP contribution in [-0.2, 0) is 29.4 Å². The van der Waals surface area contributed by atoms with Crippen molar-refractivity contribution in [3.63, 3.8) is 0 Å². The first-order valence-electron chi connectivity index (χ1n) is 8.11. The summed E-state index contributed by atoms with van der Waals surface area (Å²) >= 11 is 6.11. The molecule has 0 saturated heterocycles. The van der Waals surface area contributed by atoms with Crippen LogP contribution in [0, 0.1) is 5.92 Å². The number of carbonyl (C=O) groups is 2. The Bertz CT molecular complexity index is 636. The van der Waals surface area contributed by atoms with Crippen LogP contribution < -0.4 is 0 Å². The predicted molar refractivity (Wildman–Crippen MR) is 92.2 cm³/mol. The van der Waals surface area contributed by atoms with Gasteiger partial charge >= 0.3 is 18.1 Å². The van der Waals surface area contributed by atoms with Gasteiger partial charge in [0.15, 0.2) is 0 Å². The van der Waals surface area contributed by atoms with Crippen LogP contribution in [0.4, 0.5) is 13.2 Å². The number of halogens is 4. The number of esters is 2. The van der Waals surface area contributed by atoms with Gasteiger partial charge in [-0.05, 0) is 12.3 Å². The first kappa shape index (κ1) is 23.2. The highest BCUT2D eigenvalue weighted by Gasteiger charge is 2.64. The molecule has 0 amide bonds. The summed E-state index contributed by atoms with van der Waals surface area (Å²) in [5.74, 6) is -2.85. The lowest BCUT2D eigenvalue weighted by molar-refractivity contribution is -0.278. The molecule has 152 valence electrons. The summed E-state index contributed by atoms with van der Waals surface area (Å²) in [5, 5.41) is -1.07. The maximum Gasteiger partial charge on any atom is 0.432 e. The van der Waals surface area contributed by atoms with E-state index in [1.807, 2.05) is 0 Å². The zero-order valence-corrected chi connectivity index (χ0v) is 16.1. The fourth-order valence-corrected chi connectivity index (χ4v) is 3.06. The number of benzene rings is 1. The van der Waals surface area contributed by atoms with E-state index < -0.39 is 40.8 Å². The van der Waals surface area contributed by atoms with E-state index in [0.29, 0.717) is 0 Å². The Morgan fingerprint density at radius 2 is 1.67 bits per heavy atom. The Balaban J connectivity index is 3.34. The van der Waals surface area contributed by atoms with Gasteiger partial charge in [0, 0.05) is 12.7 Å². The minimum Gasteiger partial charge on any atom is -0.466 e. The Hall–Kier alpha value is -1.80. The molecule has 0 aromatic heterocycles. The van der Waals surface area contributed by atoms with Crippen LogP contribution in [0.3, 0.4) is 0 Å². The molecule has 1 rings (SSSR count). The van der Waals surface area contributed by atoms with Crippen molar-refractivity contribution in [1.29, 1.82) is 0 Å². The Kier molecular flexibility index (Phi) is 8.10. The van der Waals surface area contributed by atoms with Crippen molar-refractivity contribution in [2.24, 2.45) is 5.92 Å². The third-order valence-corrected chi connectivity index (χ3v) is 4.27. The molecule has 0 bridgehead atoms. The first-order valence-corrected chi connectivity index (χ1v) is 8.55. The molecule has 0 saturated carbocycles. The van der Waals surface area contributed by atoms with Gasteiger partial charge in [-0.1, -0.05) is 44.2 Å². The fraction of sp³-hybridized carbons (Fsp3) is 0.556. The summed E-state index contributed by atoms with van der Waals surface area (Å²) < 4.78 is 55.7. The molecule has 0 aliphatic heterocycles. The van der Waals surface area contributed by atoms with Crippen molar-refractivity contribution in [3.8, 4) is 0 Å². The van der Waals surface area contributed by atoms with Gasteiger partial charge in [0.2, 0.25) is 6.10 Å². The zero-order chi connectivity index (χ0) is 20.8. The minimum absolute atomic E-state index is 0.00211. The molecule has 5 nitrogen and oxygen atoms in total. The van der Waals surface area contributed by atoms with E-state index >= 15 is 0 Å².